The second-order valence-corrected chi connectivity index (χ2v) is 8.69. The summed E-state index contributed by atoms with van der Waals surface area (Å²) < 4.78 is 21.9. The molecule has 0 radical (unpaired) electrons. The van der Waals surface area contributed by atoms with E-state index in [4.69, 9.17) is 9.72 Å². The van der Waals surface area contributed by atoms with Crippen molar-refractivity contribution in [1.82, 2.24) is 19.4 Å². The first-order valence-corrected chi connectivity index (χ1v) is 10.7. The Morgan fingerprint density at radius 3 is 2.87 bits per heavy atom. The van der Waals surface area contributed by atoms with Crippen LogP contribution in [0.5, 0.6) is 5.88 Å². The predicted octanol–water partition coefficient (Wildman–Crippen LogP) is 3.76. The zero-order valence-electron chi connectivity index (χ0n) is 17.7. The molecule has 0 spiro atoms. The van der Waals surface area contributed by atoms with Crippen LogP contribution in [0.4, 0.5) is 10.3 Å². The maximum atomic E-state index is 14.6. The van der Waals surface area contributed by atoms with Gasteiger partial charge in [-0.1, -0.05) is 6.08 Å². The lowest BCUT2D eigenvalue weighted by Gasteiger charge is -2.33. The smallest absolute Gasteiger partial charge is 0.226 e. The SMILES string of the molecule is COc1nc(NC2CCC(C)(O)CC2)nc2c1C(c1cc(F)c3nccn3c1)=CCC2. The van der Waals surface area contributed by atoms with Crippen LogP contribution in [-0.2, 0) is 6.42 Å². The monoisotopic (exact) mass is 423 g/mol. The molecular formula is C23H26FN5O2. The van der Waals surface area contributed by atoms with E-state index in [0.717, 1.165) is 60.9 Å². The van der Waals surface area contributed by atoms with E-state index in [9.17, 15) is 9.50 Å². The van der Waals surface area contributed by atoms with E-state index in [2.05, 4.69) is 21.4 Å². The fourth-order valence-corrected chi connectivity index (χ4v) is 4.57. The molecule has 31 heavy (non-hydrogen) atoms. The van der Waals surface area contributed by atoms with E-state index in [1.807, 2.05) is 13.1 Å². The molecule has 3 aromatic heterocycles. The van der Waals surface area contributed by atoms with Crippen LogP contribution in [0, 0.1) is 5.82 Å². The molecule has 1 saturated carbocycles. The Balaban J connectivity index is 1.48. The highest BCUT2D eigenvalue weighted by atomic mass is 19.1. The average molecular weight is 423 g/mol. The average Bonchev–Trinajstić information content (AvgIpc) is 3.23. The van der Waals surface area contributed by atoms with Gasteiger partial charge in [0.15, 0.2) is 11.5 Å². The number of aliphatic hydroxyl groups is 1. The number of anilines is 1. The number of hydrogen-bond acceptors (Lipinski definition) is 6. The van der Waals surface area contributed by atoms with E-state index in [0.29, 0.717) is 17.5 Å². The first kappa shape index (κ1) is 19.9. The number of halogens is 1. The van der Waals surface area contributed by atoms with Gasteiger partial charge in [-0.05, 0) is 57.1 Å². The van der Waals surface area contributed by atoms with Crippen LogP contribution in [-0.4, -0.2) is 43.2 Å². The minimum Gasteiger partial charge on any atom is -0.480 e. The lowest BCUT2D eigenvalue weighted by molar-refractivity contribution is 0.0195. The summed E-state index contributed by atoms with van der Waals surface area (Å²) in [5.74, 6) is 0.647. The van der Waals surface area contributed by atoms with Crippen LogP contribution in [0.15, 0.2) is 30.7 Å². The number of pyridine rings is 1. The predicted molar refractivity (Wildman–Crippen MR) is 116 cm³/mol. The van der Waals surface area contributed by atoms with Crippen molar-refractivity contribution in [2.24, 2.45) is 0 Å². The maximum Gasteiger partial charge on any atom is 0.226 e. The molecule has 0 atom stereocenters. The molecule has 3 heterocycles. The minimum atomic E-state index is -0.585. The van der Waals surface area contributed by atoms with E-state index >= 15 is 0 Å². The van der Waals surface area contributed by atoms with Crippen molar-refractivity contribution in [2.45, 2.75) is 57.1 Å². The van der Waals surface area contributed by atoms with Crippen LogP contribution in [0.2, 0.25) is 0 Å². The van der Waals surface area contributed by atoms with E-state index in [-0.39, 0.29) is 11.9 Å². The van der Waals surface area contributed by atoms with Crippen LogP contribution in [0.3, 0.4) is 0 Å². The molecule has 0 bridgehead atoms. The third-order valence-electron chi connectivity index (χ3n) is 6.29. The number of aromatic nitrogens is 4. The largest absolute Gasteiger partial charge is 0.480 e. The van der Waals surface area contributed by atoms with Crippen molar-refractivity contribution in [2.75, 3.05) is 12.4 Å². The third-order valence-corrected chi connectivity index (χ3v) is 6.29. The quantitative estimate of drug-likeness (QED) is 0.665. The van der Waals surface area contributed by atoms with Gasteiger partial charge in [-0.15, -0.1) is 0 Å². The number of nitrogens with zero attached hydrogens (tertiary/aromatic N) is 4. The molecule has 8 heteroatoms. The first-order chi connectivity index (χ1) is 14.9. The molecule has 0 amide bonds. The molecule has 2 aliphatic carbocycles. The fraction of sp³-hybridized carbons (Fsp3) is 0.435. The van der Waals surface area contributed by atoms with Crippen molar-refractivity contribution in [3.8, 4) is 5.88 Å². The Morgan fingerprint density at radius 1 is 1.29 bits per heavy atom. The molecule has 2 N–H and O–H groups in total. The summed E-state index contributed by atoms with van der Waals surface area (Å²) >= 11 is 0. The van der Waals surface area contributed by atoms with Crippen LogP contribution in [0.25, 0.3) is 11.2 Å². The van der Waals surface area contributed by atoms with Gasteiger partial charge in [-0.3, -0.25) is 0 Å². The Kier molecular flexibility index (Phi) is 4.89. The molecule has 1 fully saturated rings. The number of rotatable bonds is 4. The summed E-state index contributed by atoms with van der Waals surface area (Å²) in [5.41, 5.74) is 3.02. The summed E-state index contributed by atoms with van der Waals surface area (Å²) in [6, 6.07) is 1.72. The lowest BCUT2D eigenvalue weighted by Crippen LogP contribution is -2.36. The van der Waals surface area contributed by atoms with Gasteiger partial charge in [-0.2, -0.15) is 4.98 Å². The molecule has 0 aromatic carbocycles. The molecule has 5 rings (SSSR count). The number of fused-ring (bicyclic) bond motifs is 2. The number of nitrogens with one attached hydrogen (secondary N) is 1. The number of hydrogen-bond donors (Lipinski definition) is 2. The molecule has 0 unspecified atom stereocenters. The molecule has 0 aliphatic heterocycles. The van der Waals surface area contributed by atoms with Gasteiger partial charge >= 0.3 is 0 Å². The van der Waals surface area contributed by atoms with Gasteiger partial charge in [0, 0.05) is 30.2 Å². The highest BCUT2D eigenvalue weighted by Crippen LogP contribution is 2.38. The minimum absolute atomic E-state index is 0.222. The molecule has 0 saturated heterocycles. The summed E-state index contributed by atoms with van der Waals surface area (Å²) in [5, 5.41) is 13.6. The van der Waals surface area contributed by atoms with Gasteiger partial charge in [0.1, 0.15) is 0 Å². The summed E-state index contributed by atoms with van der Waals surface area (Å²) in [6.07, 6.45) is 12.1. The second kappa shape index (κ2) is 7.60. The highest BCUT2D eigenvalue weighted by molar-refractivity contribution is 5.84. The first-order valence-electron chi connectivity index (χ1n) is 10.7. The van der Waals surface area contributed by atoms with Gasteiger partial charge in [0.25, 0.3) is 0 Å². The van der Waals surface area contributed by atoms with Crippen LogP contribution < -0.4 is 10.1 Å². The molecular weight excluding hydrogens is 397 g/mol. The van der Waals surface area contributed by atoms with E-state index in [1.54, 1.807) is 23.9 Å². The normalized spacial score (nSPS) is 23.4. The number of imidazole rings is 1. The van der Waals surface area contributed by atoms with Gasteiger partial charge in [-0.25, -0.2) is 14.4 Å². The second-order valence-electron chi connectivity index (χ2n) is 8.69. The summed E-state index contributed by atoms with van der Waals surface area (Å²) in [4.78, 5) is 13.5. The van der Waals surface area contributed by atoms with Gasteiger partial charge < -0.3 is 19.6 Å². The van der Waals surface area contributed by atoms with Gasteiger partial charge in [0.2, 0.25) is 11.8 Å². The Morgan fingerprint density at radius 2 is 2.10 bits per heavy atom. The Hall–Kier alpha value is -3.00. The standard InChI is InChI=1S/C23H26FN5O2/c1-23(30)8-6-15(7-9-23)26-22-27-18-5-3-4-16(19(18)21(28-22)31-2)14-12-17(24)20-25-10-11-29(20)13-14/h4,10-13,15,30H,3,5-9H2,1-2H3,(H,26,27,28). The summed E-state index contributed by atoms with van der Waals surface area (Å²) in [6.45, 7) is 1.89. The maximum absolute atomic E-state index is 14.6. The Labute approximate surface area is 180 Å². The lowest BCUT2D eigenvalue weighted by atomic mass is 9.84. The van der Waals surface area contributed by atoms with Gasteiger partial charge in [0.05, 0.1) is 24.0 Å². The number of ether oxygens (including phenoxy) is 1. The van der Waals surface area contributed by atoms with Crippen LogP contribution >= 0.6 is 0 Å². The van der Waals surface area contributed by atoms with Crippen molar-refractivity contribution in [3.05, 3.63) is 53.4 Å². The Bertz CT molecular complexity index is 1160. The highest BCUT2D eigenvalue weighted by Gasteiger charge is 2.30. The zero-order chi connectivity index (χ0) is 21.6. The topological polar surface area (TPSA) is 84.6 Å². The number of aryl methyl sites for hydroxylation is 1. The molecule has 162 valence electrons. The summed E-state index contributed by atoms with van der Waals surface area (Å²) in [7, 11) is 1.59. The molecule has 2 aliphatic rings. The fourth-order valence-electron chi connectivity index (χ4n) is 4.57. The van der Waals surface area contributed by atoms with E-state index < -0.39 is 5.60 Å². The molecule has 7 nitrogen and oxygen atoms in total. The van der Waals surface area contributed by atoms with Crippen molar-refractivity contribution in [1.29, 1.82) is 0 Å². The molecule has 3 aromatic rings. The van der Waals surface area contributed by atoms with Crippen molar-refractivity contribution < 1.29 is 14.2 Å². The van der Waals surface area contributed by atoms with E-state index in [1.165, 1.54) is 6.07 Å². The number of methoxy groups -OCH3 is 1. The third kappa shape index (κ3) is 3.76. The van der Waals surface area contributed by atoms with Crippen molar-refractivity contribution >= 4 is 17.2 Å². The number of allylic oxidation sites excluding steroid dienone is 1. The van der Waals surface area contributed by atoms with Crippen LogP contribution in [0.1, 0.15) is 55.8 Å². The van der Waals surface area contributed by atoms with Crippen molar-refractivity contribution in [3.63, 3.8) is 0 Å². The zero-order valence-corrected chi connectivity index (χ0v) is 17.7.